The predicted molar refractivity (Wildman–Crippen MR) is 116 cm³/mol. The number of carbonyl (C=O) groups is 1. The van der Waals surface area contributed by atoms with Gasteiger partial charge in [0, 0.05) is 16.8 Å². The number of carboxylic acid groups (broad SMARTS) is 1. The minimum Gasteiger partial charge on any atom is -0.508 e. The van der Waals surface area contributed by atoms with Crippen LogP contribution in [-0.2, 0) is 11.3 Å². The van der Waals surface area contributed by atoms with Crippen molar-refractivity contribution in [3.05, 3.63) is 69.8 Å². The molecule has 1 aromatic heterocycles. The molecule has 0 spiro atoms. The van der Waals surface area contributed by atoms with E-state index in [9.17, 15) is 19.8 Å². The molecule has 0 amide bonds. The van der Waals surface area contributed by atoms with Gasteiger partial charge in [-0.2, -0.15) is 0 Å². The minimum absolute atomic E-state index is 0.143. The highest BCUT2D eigenvalue weighted by atomic mass is 35.5. The van der Waals surface area contributed by atoms with Gasteiger partial charge in [0.25, 0.3) is 0 Å². The largest absolute Gasteiger partial charge is 0.508 e. The summed E-state index contributed by atoms with van der Waals surface area (Å²) in [7, 11) is 1.42. The molecule has 0 bridgehead atoms. The van der Waals surface area contributed by atoms with Crippen molar-refractivity contribution in [1.29, 1.82) is 0 Å². The molecule has 30 heavy (non-hydrogen) atoms. The van der Waals surface area contributed by atoms with Crippen LogP contribution in [0.25, 0.3) is 21.8 Å². The average Bonchev–Trinajstić information content (AvgIpc) is 2.72. The number of hydrogen-bond acceptors (Lipinski definition) is 5. The molecule has 0 unspecified atom stereocenters. The van der Waals surface area contributed by atoms with Crippen molar-refractivity contribution in [3.63, 3.8) is 0 Å². The number of aromatic nitrogens is 1. The molecule has 0 fully saturated rings. The maximum Gasteiger partial charge on any atom is 0.323 e. The fourth-order valence-electron chi connectivity index (χ4n) is 3.49. The van der Waals surface area contributed by atoms with Crippen molar-refractivity contribution in [2.75, 3.05) is 12.4 Å². The highest BCUT2D eigenvalue weighted by Gasteiger charge is 2.18. The number of phenols is 1. The summed E-state index contributed by atoms with van der Waals surface area (Å²) < 4.78 is 6.91. The Morgan fingerprint density at radius 3 is 2.40 bits per heavy atom. The van der Waals surface area contributed by atoms with Gasteiger partial charge in [0.05, 0.1) is 28.6 Å². The van der Waals surface area contributed by atoms with E-state index < -0.39 is 5.97 Å². The smallest absolute Gasteiger partial charge is 0.323 e. The number of ether oxygens (including phenoxy) is 1. The first-order chi connectivity index (χ1) is 14.4. The number of benzene rings is 3. The second-order valence-corrected chi connectivity index (χ2v) is 7.10. The van der Waals surface area contributed by atoms with Gasteiger partial charge in [-0.1, -0.05) is 11.6 Å². The first-order valence-corrected chi connectivity index (χ1v) is 9.37. The summed E-state index contributed by atoms with van der Waals surface area (Å²) in [5.74, 6) is -0.684. The van der Waals surface area contributed by atoms with Gasteiger partial charge < -0.3 is 24.8 Å². The zero-order valence-electron chi connectivity index (χ0n) is 15.8. The number of aromatic hydroxyl groups is 1. The van der Waals surface area contributed by atoms with Gasteiger partial charge >= 0.3 is 5.97 Å². The third-order valence-corrected chi connectivity index (χ3v) is 5.08. The van der Waals surface area contributed by atoms with E-state index in [0.29, 0.717) is 27.5 Å². The van der Waals surface area contributed by atoms with E-state index in [2.05, 4.69) is 5.32 Å². The van der Waals surface area contributed by atoms with Crippen molar-refractivity contribution in [2.45, 2.75) is 6.54 Å². The molecule has 8 heteroatoms. The fourth-order valence-corrected chi connectivity index (χ4v) is 3.72. The number of carboxylic acids is 1. The quantitative estimate of drug-likeness (QED) is 0.325. The Labute approximate surface area is 175 Å². The van der Waals surface area contributed by atoms with E-state index >= 15 is 0 Å². The van der Waals surface area contributed by atoms with Crippen LogP contribution in [0.3, 0.4) is 0 Å². The number of pyridine rings is 1. The monoisotopic (exact) mass is 424 g/mol. The van der Waals surface area contributed by atoms with Gasteiger partial charge in [-0.25, -0.2) is 0 Å². The molecule has 4 rings (SSSR count). The normalized spacial score (nSPS) is 11.0. The molecule has 152 valence electrons. The lowest BCUT2D eigenvalue weighted by Crippen LogP contribution is -2.17. The Hall–Kier alpha value is -3.71. The number of phenolic OH excluding ortho intramolecular Hbond substituents is 1. The maximum absolute atomic E-state index is 13.1. The summed E-state index contributed by atoms with van der Waals surface area (Å²) in [5.41, 5.74) is 1.88. The first kappa shape index (κ1) is 19.6. The van der Waals surface area contributed by atoms with E-state index in [0.717, 1.165) is 5.69 Å². The first-order valence-electron chi connectivity index (χ1n) is 8.99. The van der Waals surface area contributed by atoms with Crippen LogP contribution in [0, 0.1) is 0 Å². The Morgan fingerprint density at radius 2 is 1.73 bits per heavy atom. The third-order valence-electron chi connectivity index (χ3n) is 4.78. The summed E-state index contributed by atoms with van der Waals surface area (Å²) in [4.78, 5) is 24.7. The predicted octanol–water partition coefficient (Wildman–Crippen LogP) is 4.35. The minimum atomic E-state index is -1.07. The fraction of sp³-hybridized carbons (Fsp3) is 0.0909. The topological polar surface area (TPSA) is 101 Å². The lowest BCUT2D eigenvalue weighted by atomic mass is 10.1. The van der Waals surface area contributed by atoms with Crippen LogP contribution >= 0.6 is 11.6 Å². The number of halogens is 1. The second-order valence-electron chi connectivity index (χ2n) is 6.69. The van der Waals surface area contributed by atoms with E-state index in [1.54, 1.807) is 54.6 Å². The summed E-state index contributed by atoms with van der Waals surface area (Å²) in [6, 6.07) is 14.7. The van der Waals surface area contributed by atoms with Crippen molar-refractivity contribution in [1.82, 2.24) is 4.57 Å². The number of anilines is 2. The molecule has 0 radical (unpaired) electrons. The molecule has 1 heterocycles. The van der Waals surface area contributed by atoms with Crippen LogP contribution in [-0.4, -0.2) is 27.9 Å². The van der Waals surface area contributed by atoms with Crippen molar-refractivity contribution < 1.29 is 19.7 Å². The van der Waals surface area contributed by atoms with Gasteiger partial charge in [-0.3, -0.25) is 9.59 Å². The number of nitrogens with one attached hydrogen (secondary N) is 1. The van der Waals surface area contributed by atoms with Gasteiger partial charge in [-0.05, 0) is 54.6 Å². The number of aliphatic carboxylic acids is 1. The third kappa shape index (κ3) is 3.40. The van der Waals surface area contributed by atoms with Crippen molar-refractivity contribution in [3.8, 4) is 11.5 Å². The standard InChI is InChI=1S/C22H17ClN2O5/c1-30-22-17(23)9-8-16-20(22)25(11-19(27)28)18-10-13(4-7-15(18)21(16)29)24-12-2-5-14(26)6-3-12/h2-10,24,26H,11H2,1H3,(H,27,28). The molecule has 0 saturated carbocycles. The second kappa shape index (κ2) is 7.61. The van der Waals surface area contributed by atoms with E-state index in [-0.39, 0.29) is 28.5 Å². The maximum atomic E-state index is 13.1. The van der Waals surface area contributed by atoms with Crippen molar-refractivity contribution in [2.24, 2.45) is 0 Å². The Balaban J connectivity index is 2.01. The zero-order chi connectivity index (χ0) is 21.4. The molecule has 4 aromatic rings. The average molecular weight is 425 g/mol. The van der Waals surface area contributed by atoms with Crippen molar-refractivity contribution >= 4 is 50.8 Å². The Morgan fingerprint density at radius 1 is 1.07 bits per heavy atom. The molecule has 0 aliphatic carbocycles. The molecule has 0 atom stereocenters. The number of nitrogens with zero attached hydrogens (tertiary/aromatic N) is 1. The SMILES string of the molecule is COc1c(Cl)ccc2c(=O)c3ccc(Nc4ccc(O)cc4)cc3n(CC(=O)O)c12. The van der Waals surface area contributed by atoms with E-state index in [1.807, 2.05) is 0 Å². The van der Waals surface area contributed by atoms with Gasteiger partial charge in [-0.15, -0.1) is 0 Å². The van der Waals surface area contributed by atoms with Crippen LogP contribution in [0.2, 0.25) is 5.02 Å². The molecule has 3 aromatic carbocycles. The molecule has 0 aliphatic rings. The summed E-state index contributed by atoms with van der Waals surface area (Å²) in [5, 5.41) is 23.1. The van der Waals surface area contributed by atoms with E-state index in [1.165, 1.54) is 11.7 Å². The summed E-state index contributed by atoms with van der Waals surface area (Å²) >= 11 is 6.25. The molecule has 0 saturated heterocycles. The highest BCUT2D eigenvalue weighted by Crippen LogP contribution is 2.34. The van der Waals surface area contributed by atoms with Gasteiger partial charge in [0.2, 0.25) is 0 Å². The molecule has 7 nitrogen and oxygen atoms in total. The van der Waals surface area contributed by atoms with Gasteiger partial charge in [0.15, 0.2) is 11.2 Å². The van der Waals surface area contributed by atoms with Crippen LogP contribution in [0.5, 0.6) is 11.5 Å². The highest BCUT2D eigenvalue weighted by molar-refractivity contribution is 6.33. The summed E-state index contributed by atoms with van der Waals surface area (Å²) in [6.07, 6.45) is 0. The van der Waals surface area contributed by atoms with Gasteiger partial charge in [0.1, 0.15) is 12.3 Å². The number of fused-ring (bicyclic) bond motifs is 2. The lowest BCUT2D eigenvalue weighted by molar-refractivity contribution is -0.137. The lowest BCUT2D eigenvalue weighted by Gasteiger charge is -2.17. The zero-order valence-corrected chi connectivity index (χ0v) is 16.6. The number of methoxy groups -OCH3 is 1. The van der Waals surface area contributed by atoms with Crippen LogP contribution < -0.4 is 15.5 Å². The molecular weight excluding hydrogens is 408 g/mol. The Kier molecular flexibility index (Phi) is 4.97. The molecular formula is C22H17ClN2O5. The van der Waals surface area contributed by atoms with E-state index in [4.69, 9.17) is 16.3 Å². The molecule has 3 N–H and O–H groups in total. The van der Waals surface area contributed by atoms with Crippen LogP contribution in [0.4, 0.5) is 11.4 Å². The molecule has 0 aliphatic heterocycles. The Bertz CT molecular complexity index is 1350. The number of hydrogen-bond donors (Lipinski definition) is 3. The number of rotatable bonds is 5. The summed E-state index contributed by atoms with van der Waals surface area (Å²) in [6.45, 7) is -0.382. The van der Waals surface area contributed by atoms with Crippen LogP contribution in [0.15, 0.2) is 59.4 Å². The van der Waals surface area contributed by atoms with Crippen LogP contribution in [0.1, 0.15) is 0 Å².